The van der Waals surface area contributed by atoms with E-state index in [9.17, 15) is 4.39 Å². The van der Waals surface area contributed by atoms with Gasteiger partial charge in [0.25, 0.3) is 0 Å². The Morgan fingerprint density at radius 3 is 2.67 bits per heavy atom. The quantitative estimate of drug-likeness (QED) is 0.522. The lowest BCUT2D eigenvalue weighted by Gasteiger charge is -1.97. The van der Waals surface area contributed by atoms with Crippen molar-refractivity contribution in [2.24, 2.45) is 0 Å². The molecule has 0 atom stereocenters. The maximum atomic E-state index is 13.5. The largest absolute Gasteiger partial charge is 0.359 e. The van der Waals surface area contributed by atoms with E-state index in [1.807, 2.05) is 19.1 Å². The van der Waals surface area contributed by atoms with Gasteiger partial charge in [-0.1, -0.05) is 12.1 Å². The van der Waals surface area contributed by atoms with Gasteiger partial charge in [0, 0.05) is 11.1 Å². The summed E-state index contributed by atoms with van der Waals surface area (Å²) in [7, 11) is 0. The molecule has 0 aliphatic carbocycles. The first-order chi connectivity index (χ1) is 7.25. The highest BCUT2D eigenvalue weighted by atomic mass is 127. The standard InChI is InChI=1S/C13H9FI/c1-8-6-13-10(7-11(8)14)9-4-2-3-5-12(9)15-13/h2-7H,1H3/q+1. The molecule has 0 unspecified atom stereocenters. The second kappa shape index (κ2) is 3.30. The van der Waals surface area contributed by atoms with Gasteiger partial charge in [-0.3, -0.25) is 0 Å². The average Bonchev–Trinajstić information content (AvgIpc) is 2.57. The lowest BCUT2D eigenvalue weighted by atomic mass is 10.0. The van der Waals surface area contributed by atoms with Crippen LogP contribution in [0.25, 0.3) is 11.1 Å². The highest BCUT2D eigenvalue weighted by Gasteiger charge is 2.33. The summed E-state index contributed by atoms with van der Waals surface area (Å²) >= 11 is -0.0934. The minimum absolute atomic E-state index is 0.0885. The molecular weight excluding hydrogens is 302 g/mol. The average molecular weight is 311 g/mol. The highest BCUT2D eigenvalue weighted by molar-refractivity contribution is 5.65. The Morgan fingerprint density at radius 2 is 1.80 bits per heavy atom. The number of benzene rings is 2. The summed E-state index contributed by atoms with van der Waals surface area (Å²) in [5.74, 6) is -0.0885. The van der Waals surface area contributed by atoms with Crippen LogP contribution in [0.1, 0.15) is 5.56 Å². The summed E-state index contributed by atoms with van der Waals surface area (Å²) in [6, 6.07) is 12.0. The van der Waals surface area contributed by atoms with E-state index in [2.05, 4.69) is 18.2 Å². The van der Waals surface area contributed by atoms with E-state index >= 15 is 0 Å². The van der Waals surface area contributed by atoms with Gasteiger partial charge in [-0.15, -0.1) is 0 Å². The number of rotatable bonds is 0. The second-order valence-electron chi connectivity index (χ2n) is 3.66. The lowest BCUT2D eigenvalue weighted by Crippen LogP contribution is -3.61. The molecule has 0 saturated carbocycles. The summed E-state index contributed by atoms with van der Waals surface area (Å²) in [5.41, 5.74) is 3.11. The Labute approximate surface area is 98.4 Å². The highest BCUT2D eigenvalue weighted by Crippen LogP contribution is 2.24. The number of aryl methyl sites for hydroxylation is 1. The Hall–Kier alpha value is -0.900. The zero-order valence-corrected chi connectivity index (χ0v) is 10.4. The molecule has 0 fully saturated rings. The first-order valence-electron chi connectivity index (χ1n) is 4.80. The smallest absolute Gasteiger partial charge is 0.207 e. The van der Waals surface area contributed by atoms with E-state index in [4.69, 9.17) is 0 Å². The van der Waals surface area contributed by atoms with Gasteiger partial charge >= 0.3 is 21.2 Å². The second-order valence-corrected chi connectivity index (χ2v) is 6.52. The Balaban J connectivity index is 2.29. The minimum atomic E-state index is -0.0934. The molecule has 0 spiro atoms. The zero-order chi connectivity index (χ0) is 10.4. The van der Waals surface area contributed by atoms with Crippen molar-refractivity contribution in [1.82, 2.24) is 0 Å². The van der Waals surface area contributed by atoms with Gasteiger partial charge in [0.1, 0.15) is 5.82 Å². The van der Waals surface area contributed by atoms with E-state index in [0.717, 1.165) is 11.1 Å². The Kier molecular flexibility index (Phi) is 2.06. The number of halogens is 2. The predicted molar refractivity (Wildman–Crippen MR) is 54.0 cm³/mol. The van der Waals surface area contributed by atoms with Crippen molar-refractivity contribution >= 4 is 0 Å². The minimum Gasteiger partial charge on any atom is -0.207 e. The molecule has 3 rings (SSSR count). The summed E-state index contributed by atoms with van der Waals surface area (Å²) in [6.07, 6.45) is 0. The van der Waals surface area contributed by atoms with E-state index < -0.39 is 0 Å². The number of fused-ring (bicyclic) bond motifs is 3. The Morgan fingerprint density at radius 1 is 1.00 bits per heavy atom. The molecule has 1 heterocycles. The van der Waals surface area contributed by atoms with E-state index in [0.29, 0.717) is 0 Å². The normalized spacial score (nSPS) is 12.4. The molecule has 0 bridgehead atoms. The van der Waals surface area contributed by atoms with Crippen LogP contribution in [-0.4, -0.2) is 0 Å². The number of hydrogen-bond donors (Lipinski definition) is 0. The fraction of sp³-hybridized carbons (Fsp3) is 0.0769. The van der Waals surface area contributed by atoms with Gasteiger partial charge in [-0.25, -0.2) is 4.39 Å². The third kappa shape index (κ3) is 1.39. The summed E-state index contributed by atoms with van der Waals surface area (Å²) in [4.78, 5) is 0. The van der Waals surface area contributed by atoms with Crippen molar-refractivity contribution in [3.63, 3.8) is 0 Å². The molecule has 0 nitrogen and oxygen atoms in total. The summed E-state index contributed by atoms with van der Waals surface area (Å²) < 4.78 is 16.2. The van der Waals surface area contributed by atoms with Crippen molar-refractivity contribution in [2.45, 2.75) is 6.92 Å². The monoisotopic (exact) mass is 311 g/mol. The summed E-state index contributed by atoms with van der Waals surface area (Å²) in [6.45, 7) is 1.84. The van der Waals surface area contributed by atoms with E-state index in [1.54, 1.807) is 6.07 Å². The van der Waals surface area contributed by atoms with Gasteiger partial charge in [0.05, 0.1) is 0 Å². The van der Waals surface area contributed by atoms with Crippen LogP contribution >= 0.6 is 0 Å². The molecule has 2 aromatic carbocycles. The van der Waals surface area contributed by atoms with Crippen LogP contribution in [0.3, 0.4) is 0 Å². The van der Waals surface area contributed by atoms with Crippen molar-refractivity contribution < 1.29 is 25.6 Å². The van der Waals surface area contributed by atoms with Crippen LogP contribution < -0.4 is 21.2 Å². The molecule has 0 aromatic heterocycles. The SMILES string of the molecule is Cc1cc2c(cc1F)-c1ccccc1[I+]2. The lowest BCUT2D eigenvalue weighted by molar-refractivity contribution is -0.589. The van der Waals surface area contributed by atoms with Crippen LogP contribution in [0, 0.1) is 19.9 Å². The first kappa shape index (κ1) is 9.33. The zero-order valence-electron chi connectivity index (χ0n) is 8.22. The molecule has 0 N–H and O–H groups in total. The molecule has 0 saturated heterocycles. The molecule has 0 amide bonds. The van der Waals surface area contributed by atoms with E-state index in [1.165, 1.54) is 12.7 Å². The molecule has 1 aliphatic heterocycles. The molecule has 1 aliphatic rings. The predicted octanol–water partition coefficient (Wildman–Crippen LogP) is 0.243. The van der Waals surface area contributed by atoms with Crippen LogP contribution in [0.4, 0.5) is 4.39 Å². The van der Waals surface area contributed by atoms with Gasteiger partial charge in [-0.2, -0.15) is 0 Å². The molecule has 0 radical (unpaired) electrons. The number of hydrogen-bond acceptors (Lipinski definition) is 0. The maximum Gasteiger partial charge on any atom is 0.359 e. The summed E-state index contributed by atoms with van der Waals surface area (Å²) in [5, 5.41) is 0. The van der Waals surface area contributed by atoms with Gasteiger partial charge in [-0.05, 0) is 36.8 Å². The van der Waals surface area contributed by atoms with Gasteiger partial charge in [0.2, 0.25) is 7.14 Å². The van der Waals surface area contributed by atoms with E-state index in [-0.39, 0.29) is 27.0 Å². The van der Waals surface area contributed by atoms with Crippen molar-refractivity contribution in [3.8, 4) is 11.1 Å². The fourth-order valence-corrected chi connectivity index (χ4v) is 4.94. The molecule has 15 heavy (non-hydrogen) atoms. The maximum absolute atomic E-state index is 13.5. The molecule has 2 heteroatoms. The van der Waals surface area contributed by atoms with Crippen molar-refractivity contribution in [3.05, 3.63) is 54.9 Å². The van der Waals surface area contributed by atoms with Crippen molar-refractivity contribution in [1.29, 1.82) is 0 Å². The fourth-order valence-electron chi connectivity index (χ4n) is 1.80. The van der Waals surface area contributed by atoms with Crippen LogP contribution in [0.2, 0.25) is 0 Å². The van der Waals surface area contributed by atoms with Crippen LogP contribution in [-0.2, 0) is 0 Å². The molecule has 74 valence electrons. The molecular formula is C13H9FI+. The topological polar surface area (TPSA) is 0 Å². The third-order valence-corrected chi connectivity index (χ3v) is 5.61. The Bertz CT molecular complexity index is 546. The van der Waals surface area contributed by atoms with Gasteiger partial charge in [0.15, 0.2) is 0 Å². The van der Waals surface area contributed by atoms with Crippen LogP contribution in [0.15, 0.2) is 36.4 Å². The molecule has 2 aromatic rings. The van der Waals surface area contributed by atoms with Crippen molar-refractivity contribution in [2.75, 3.05) is 0 Å². The third-order valence-electron chi connectivity index (χ3n) is 2.62. The first-order valence-corrected chi connectivity index (χ1v) is 6.96. The van der Waals surface area contributed by atoms with Crippen LogP contribution in [0.5, 0.6) is 0 Å². The van der Waals surface area contributed by atoms with Gasteiger partial charge < -0.3 is 0 Å².